The van der Waals surface area contributed by atoms with Gasteiger partial charge >= 0.3 is 0 Å². The number of aryl methyl sites for hydroxylation is 2. The van der Waals surface area contributed by atoms with Gasteiger partial charge in [0.05, 0.1) is 0 Å². The van der Waals surface area contributed by atoms with Crippen LogP contribution in [0.4, 0.5) is 5.82 Å². The third-order valence-corrected chi connectivity index (χ3v) is 4.09. The maximum absolute atomic E-state index is 5.04. The number of rotatable bonds is 8. The highest BCUT2D eigenvalue weighted by Gasteiger charge is 2.09. The molecule has 0 spiro atoms. The first-order chi connectivity index (χ1) is 14.2. The smallest absolute Gasteiger partial charge is 0.129 e. The summed E-state index contributed by atoms with van der Waals surface area (Å²) in [4.78, 5) is 4.69. The van der Waals surface area contributed by atoms with Gasteiger partial charge < -0.3 is 15.4 Å². The molecule has 0 fully saturated rings. The fraction of sp³-hybridized carbons (Fsp3) is 0.800. The summed E-state index contributed by atoms with van der Waals surface area (Å²) in [5, 5.41) is 6.31. The molecule has 0 aliphatic carbocycles. The normalized spacial score (nSPS) is 10.8. The average molecular weight is 412 g/mol. The summed E-state index contributed by atoms with van der Waals surface area (Å²) in [6.07, 6.45) is 9.70. The van der Waals surface area contributed by atoms with Crippen molar-refractivity contribution in [1.82, 2.24) is 10.3 Å². The van der Waals surface area contributed by atoms with E-state index in [4.69, 9.17) is 4.74 Å². The minimum absolute atomic E-state index is 0.874. The van der Waals surface area contributed by atoms with E-state index < -0.39 is 0 Å². The zero-order valence-corrected chi connectivity index (χ0v) is 21.3. The van der Waals surface area contributed by atoms with Crippen LogP contribution >= 0.6 is 0 Å². The maximum Gasteiger partial charge on any atom is 0.129 e. The Morgan fingerprint density at radius 2 is 1.62 bits per heavy atom. The monoisotopic (exact) mass is 411 g/mol. The average Bonchev–Trinajstić information content (AvgIpc) is 2.81. The molecule has 0 saturated heterocycles. The lowest BCUT2D eigenvalue weighted by atomic mass is 10.1. The van der Waals surface area contributed by atoms with Crippen molar-refractivity contribution in [2.24, 2.45) is 0 Å². The second-order valence-electron chi connectivity index (χ2n) is 6.35. The Bertz CT molecular complexity index is 403. The number of aromatic nitrogens is 1. The molecule has 2 N–H and O–H groups in total. The van der Waals surface area contributed by atoms with Crippen LogP contribution < -0.4 is 10.6 Å². The molecule has 1 aliphatic rings. The van der Waals surface area contributed by atoms with E-state index in [0.717, 1.165) is 38.4 Å². The molecule has 4 nitrogen and oxygen atoms in total. The topological polar surface area (TPSA) is 46.2 Å². The molecule has 2 heterocycles. The Morgan fingerprint density at radius 1 is 1.00 bits per heavy atom. The van der Waals surface area contributed by atoms with Gasteiger partial charge in [0.1, 0.15) is 5.82 Å². The summed E-state index contributed by atoms with van der Waals surface area (Å²) in [6, 6.07) is 4.42. The van der Waals surface area contributed by atoms with E-state index in [-0.39, 0.29) is 0 Å². The molecule has 1 aromatic rings. The number of anilines is 1. The lowest BCUT2D eigenvalue weighted by molar-refractivity contribution is 0.192. The number of methoxy groups -OCH3 is 1. The van der Waals surface area contributed by atoms with Crippen molar-refractivity contribution in [1.29, 1.82) is 0 Å². The van der Waals surface area contributed by atoms with Gasteiger partial charge in [-0.15, -0.1) is 0 Å². The van der Waals surface area contributed by atoms with Crippen molar-refractivity contribution in [3.63, 3.8) is 0 Å². The molecule has 2 rings (SSSR count). The molecule has 0 unspecified atom stereocenters. The van der Waals surface area contributed by atoms with Crippen molar-refractivity contribution in [2.75, 3.05) is 39.2 Å². The van der Waals surface area contributed by atoms with Crippen LogP contribution in [-0.2, 0) is 17.6 Å². The molecule has 0 amide bonds. The van der Waals surface area contributed by atoms with Crippen LogP contribution in [0.15, 0.2) is 12.1 Å². The Morgan fingerprint density at radius 3 is 2.14 bits per heavy atom. The largest absolute Gasteiger partial charge is 0.385 e. The summed E-state index contributed by atoms with van der Waals surface area (Å²) < 4.78 is 5.04. The van der Waals surface area contributed by atoms with Crippen molar-refractivity contribution in [3.8, 4) is 0 Å². The van der Waals surface area contributed by atoms with E-state index in [1.165, 1.54) is 49.8 Å². The van der Waals surface area contributed by atoms with E-state index in [9.17, 15) is 0 Å². The van der Waals surface area contributed by atoms with E-state index in [2.05, 4.69) is 48.5 Å². The summed E-state index contributed by atoms with van der Waals surface area (Å²) in [5.74, 6) is 1.12. The third-order valence-electron chi connectivity index (χ3n) is 4.09. The summed E-state index contributed by atoms with van der Waals surface area (Å²) in [7, 11) is 3.69. The number of unbranched alkanes of at least 4 members (excludes halogenated alkanes) is 3. The summed E-state index contributed by atoms with van der Waals surface area (Å²) in [6.45, 7) is 17.4. The molecule has 174 valence electrons. The van der Waals surface area contributed by atoms with Crippen LogP contribution in [0.1, 0.15) is 98.2 Å². The van der Waals surface area contributed by atoms with E-state index in [0.29, 0.717) is 0 Å². The number of nitrogens with one attached hydrogen (secondary N) is 2. The minimum Gasteiger partial charge on any atom is -0.385 e. The predicted octanol–water partition coefficient (Wildman–Crippen LogP) is 6.88. The first-order valence-corrected chi connectivity index (χ1v) is 12.1. The Balaban J connectivity index is -0.000000472. The molecular formula is C25H53N3O. The lowest BCUT2D eigenvalue weighted by Gasteiger charge is -2.17. The molecule has 0 aromatic carbocycles. The first-order valence-electron chi connectivity index (χ1n) is 12.1. The van der Waals surface area contributed by atoms with Crippen LogP contribution in [0, 0.1) is 0 Å². The highest BCUT2D eigenvalue weighted by Crippen LogP contribution is 2.20. The molecule has 0 atom stereocenters. The van der Waals surface area contributed by atoms with Gasteiger partial charge in [-0.05, 0) is 57.3 Å². The van der Waals surface area contributed by atoms with Gasteiger partial charge in [-0.1, -0.05) is 73.8 Å². The van der Waals surface area contributed by atoms with Gasteiger partial charge in [-0.25, -0.2) is 4.98 Å². The number of nitrogens with zero attached hydrogens (tertiary/aromatic N) is 1. The summed E-state index contributed by atoms with van der Waals surface area (Å²) in [5.41, 5.74) is 2.59. The van der Waals surface area contributed by atoms with Crippen LogP contribution in [-0.4, -0.2) is 38.8 Å². The Labute approximate surface area is 183 Å². The number of hydrogen-bond donors (Lipinski definition) is 2. The summed E-state index contributed by atoms with van der Waals surface area (Å²) >= 11 is 0. The van der Waals surface area contributed by atoms with Gasteiger partial charge in [-0.2, -0.15) is 0 Å². The molecule has 29 heavy (non-hydrogen) atoms. The maximum atomic E-state index is 5.04. The number of pyridine rings is 1. The number of fused-ring (bicyclic) bond motifs is 1. The van der Waals surface area contributed by atoms with Gasteiger partial charge in [0.15, 0.2) is 0 Å². The fourth-order valence-corrected chi connectivity index (χ4v) is 2.24. The zero-order valence-electron chi connectivity index (χ0n) is 21.3. The minimum atomic E-state index is 0.874. The second kappa shape index (κ2) is 29.1. The van der Waals surface area contributed by atoms with Crippen molar-refractivity contribution >= 4 is 5.82 Å². The SMILES string of the molecule is CC.CC.CCCC.CCNC.COCCCCCc1ccc2c(n1)NCCC2. The molecule has 1 aliphatic heterocycles. The number of hydrogen-bond acceptors (Lipinski definition) is 4. The van der Waals surface area contributed by atoms with Gasteiger partial charge in [0, 0.05) is 26.0 Å². The molecule has 1 aromatic heterocycles. The lowest BCUT2D eigenvalue weighted by Crippen LogP contribution is -2.13. The van der Waals surface area contributed by atoms with Gasteiger partial charge in [0.2, 0.25) is 0 Å². The van der Waals surface area contributed by atoms with E-state index in [1.807, 2.05) is 34.7 Å². The van der Waals surface area contributed by atoms with E-state index >= 15 is 0 Å². The number of ether oxygens (including phenoxy) is 1. The van der Waals surface area contributed by atoms with Gasteiger partial charge in [-0.3, -0.25) is 0 Å². The molecule has 4 heteroatoms. The highest BCUT2D eigenvalue weighted by atomic mass is 16.5. The Hall–Kier alpha value is -1.13. The van der Waals surface area contributed by atoms with E-state index in [1.54, 1.807) is 7.11 Å². The van der Waals surface area contributed by atoms with Crippen molar-refractivity contribution < 1.29 is 4.74 Å². The fourth-order valence-electron chi connectivity index (χ4n) is 2.24. The standard InChI is InChI=1S/C14H22N2O.C4H10.C3H9N.2C2H6/c1-17-11-4-2-3-7-13-9-8-12-6-5-10-15-14(12)16-13;2*1-3-4-2;2*1-2/h8-9H,2-7,10-11H2,1H3,(H,15,16);3-4H2,1-2H3;4H,3H2,1-2H3;2*1-2H3. The highest BCUT2D eigenvalue weighted by molar-refractivity contribution is 5.46. The van der Waals surface area contributed by atoms with Crippen LogP contribution in [0.3, 0.4) is 0 Å². The van der Waals surface area contributed by atoms with Crippen molar-refractivity contribution in [3.05, 3.63) is 23.4 Å². The van der Waals surface area contributed by atoms with Crippen molar-refractivity contribution in [2.45, 2.75) is 99.8 Å². The molecule has 0 radical (unpaired) electrons. The zero-order chi connectivity index (χ0) is 22.8. The first kappa shape index (κ1) is 32.5. The van der Waals surface area contributed by atoms with Gasteiger partial charge in [0.25, 0.3) is 0 Å². The van der Waals surface area contributed by atoms with Crippen LogP contribution in [0.25, 0.3) is 0 Å². The molecular weight excluding hydrogens is 358 g/mol. The quantitative estimate of drug-likeness (QED) is 0.457. The van der Waals surface area contributed by atoms with Crippen LogP contribution in [0.5, 0.6) is 0 Å². The Kier molecular flexibility index (Phi) is 32.6. The second-order valence-corrected chi connectivity index (χ2v) is 6.35. The molecule has 0 saturated carbocycles. The third kappa shape index (κ3) is 21.4. The predicted molar refractivity (Wildman–Crippen MR) is 133 cm³/mol. The molecule has 0 bridgehead atoms. The van der Waals surface area contributed by atoms with Crippen LogP contribution in [0.2, 0.25) is 0 Å².